The smallest absolute Gasteiger partial charge is 0.279 e. The molecule has 3 fully saturated rings. The van der Waals surface area contributed by atoms with E-state index in [0.717, 1.165) is 61.8 Å². The molecule has 0 spiro atoms. The van der Waals surface area contributed by atoms with Crippen LogP contribution in [0.15, 0.2) is 22.7 Å². The van der Waals surface area contributed by atoms with Crippen LogP contribution >= 0.6 is 27.5 Å². The molecule has 0 aromatic heterocycles. The van der Waals surface area contributed by atoms with Gasteiger partial charge in [0.2, 0.25) is 0 Å². The molecule has 2 heterocycles. The Morgan fingerprint density at radius 2 is 1.66 bits per heavy atom. The Kier molecular flexibility index (Phi) is 8.96. The van der Waals surface area contributed by atoms with Crippen molar-refractivity contribution in [3.05, 3.63) is 33.3 Å². The van der Waals surface area contributed by atoms with E-state index in [0.29, 0.717) is 13.1 Å². The minimum Gasteiger partial charge on any atom is -0.303 e. The van der Waals surface area contributed by atoms with E-state index in [1.54, 1.807) is 4.31 Å². The van der Waals surface area contributed by atoms with Crippen LogP contribution in [0.25, 0.3) is 0 Å². The van der Waals surface area contributed by atoms with Crippen molar-refractivity contribution in [1.82, 2.24) is 13.9 Å². The number of rotatable bonds is 8. The zero-order chi connectivity index (χ0) is 22.6. The summed E-state index contributed by atoms with van der Waals surface area (Å²) < 4.78 is 30.7. The highest BCUT2D eigenvalue weighted by Crippen LogP contribution is 2.30. The first-order valence-corrected chi connectivity index (χ1v) is 14.9. The van der Waals surface area contributed by atoms with E-state index >= 15 is 0 Å². The highest BCUT2D eigenvalue weighted by atomic mass is 79.9. The molecular weight excluding hydrogens is 510 g/mol. The molecule has 1 aromatic carbocycles. The number of likely N-dealkylation sites (tertiary alicyclic amines) is 1. The van der Waals surface area contributed by atoms with Crippen LogP contribution in [0.5, 0.6) is 0 Å². The van der Waals surface area contributed by atoms with E-state index < -0.39 is 10.2 Å². The summed E-state index contributed by atoms with van der Waals surface area (Å²) in [7, 11) is -3.27. The Morgan fingerprint density at radius 3 is 2.34 bits per heavy atom. The van der Waals surface area contributed by atoms with Gasteiger partial charge in [0.1, 0.15) is 0 Å². The Morgan fingerprint density at radius 1 is 0.969 bits per heavy atom. The van der Waals surface area contributed by atoms with Gasteiger partial charge in [0.05, 0.1) is 0 Å². The van der Waals surface area contributed by atoms with Crippen molar-refractivity contribution in [2.45, 2.75) is 70.3 Å². The van der Waals surface area contributed by atoms with E-state index in [1.807, 2.05) is 6.07 Å². The van der Waals surface area contributed by atoms with Crippen molar-refractivity contribution in [1.29, 1.82) is 0 Å². The van der Waals surface area contributed by atoms with E-state index in [-0.39, 0.29) is 6.04 Å². The fourth-order valence-corrected chi connectivity index (χ4v) is 7.72. The van der Waals surface area contributed by atoms with Gasteiger partial charge in [-0.05, 0) is 119 Å². The molecule has 0 bridgehead atoms. The summed E-state index contributed by atoms with van der Waals surface area (Å²) in [5.41, 5.74) is 1.33. The Bertz CT molecular complexity index is 847. The second-order valence-corrected chi connectivity index (χ2v) is 13.0. The molecular formula is C24H37BrClN3O2S. The molecule has 0 atom stereocenters. The Labute approximate surface area is 207 Å². The third kappa shape index (κ3) is 6.92. The summed E-state index contributed by atoms with van der Waals surface area (Å²) in [6.45, 7) is 4.92. The standard InChI is InChI=1S/C24H37BrClN3O2S/c25-24-8-5-22(26)18-21(24)17-20-10-15-28(16-11-20)14-9-19-3-6-23(7-4-19)27-32(30,31)29-12-1-2-13-29/h5,8,18-20,23,27H,1-4,6-7,9-17H2/t19-,23-. The minimum atomic E-state index is -3.27. The molecule has 32 heavy (non-hydrogen) atoms. The van der Waals surface area contributed by atoms with Gasteiger partial charge in [-0.15, -0.1) is 0 Å². The lowest BCUT2D eigenvalue weighted by Gasteiger charge is -2.34. The number of benzene rings is 1. The van der Waals surface area contributed by atoms with Gasteiger partial charge >= 0.3 is 0 Å². The molecule has 0 amide bonds. The molecule has 180 valence electrons. The summed E-state index contributed by atoms with van der Waals surface area (Å²) in [6.07, 6.45) is 11.1. The molecule has 1 aliphatic carbocycles. The zero-order valence-corrected chi connectivity index (χ0v) is 22.1. The second kappa shape index (κ2) is 11.5. The van der Waals surface area contributed by atoms with E-state index in [1.165, 1.54) is 48.9 Å². The molecule has 0 unspecified atom stereocenters. The molecule has 1 saturated carbocycles. The number of nitrogens with one attached hydrogen (secondary N) is 1. The molecule has 8 heteroatoms. The van der Waals surface area contributed by atoms with Crippen LogP contribution < -0.4 is 4.72 Å². The molecule has 1 N–H and O–H groups in total. The highest BCUT2D eigenvalue weighted by Gasteiger charge is 2.30. The van der Waals surface area contributed by atoms with Crippen LogP contribution in [0.4, 0.5) is 0 Å². The summed E-state index contributed by atoms with van der Waals surface area (Å²) >= 11 is 9.84. The quantitative estimate of drug-likeness (QED) is 0.485. The van der Waals surface area contributed by atoms with Crippen LogP contribution in [0.2, 0.25) is 5.02 Å². The Hall–Kier alpha value is -0.180. The van der Waals surface area contributed by atoms with Crippen LogP contribution in [0, 0.1) is 11.8 Å². The monoisotopic (exact) mass is 545 g/mol. The molecule has 2 aliphatic heterocycles. The normalized spacial score (nSPS) is 26.6. The van der Waals surface area contributed by atoms with Gasteiger partial charge in [0.15, 0.2) is 0 Å². The molecule has 0 radical (unpaired) electrons. The van der Waals surface area contributed by atoms with Crippen molar-refractivity contribution in [2.24, 2.45) is 11.8 Å². The fraction of sp³-hybridized carbons (Fsp3) is 0.750. The van der Waals surface area contributed by atoms with Gasteiger partial charge in [-0.3, -0.25) is 0 Å². The van der Waals surface area contributed by atoms with Crippen molar-refractivity contribution < 1.29 is 8.42 Å². The number of hydrogen-bond donors (Lipinski definition) is 1. The predicted octanol–water partition coefficient (Wildman–Crippen LogP) is 5.24. The molecule has 4 rings (SSSR count). The van der Waals surface area contributed by atoms with E-state index in [2.05, 4.69) is 37.7 Å². The van der Waals surface area contributed by atoms with Crippen molar-refractivity contribution in [3.8, 4) is 0 Å². The molecule has 3 aliphatic rings. The minimum absolute atomic E-state index is 0.124. The van der Waals surface area contributed by atoms with E-state index in [9.17, 15) is 8.42 Å². The Balaban J connectivity index is 1.13. The van der Waals surface area contributed by atoms with Crippen molar-refractivity contribution >= 4 is 37.7 Å². The van der Waals surface area contributed by atoms with Gasteiger partial charge in [0, 0.05) is 28.6 Å². The van der Waals surface area contributed by atoms with Crippen molar-refractivity contribution in [2.75, 3.05) is 32.7 Å². The number of hydrogen-bond acceptors (Lipinski definition) is 3. The highest BCUT2D eigenvalue weighted by molar-refractivity contribution is 9.10. The maximum absolute atomic E-state index is 12.5. The molecule has 5 nitrogen and oxygen atoms in total. The first-order valence-electron chi connectivity index (χ1n) is 12.3. The molecule has 2 saturated heterocycles. The zero-order valence-electron chi connectivity index (χ0n) is 18.9. The van der Waals surface area contributed by atoms with Crippen LogP contribution in [0.3, 0.4) is 0 Å². The summed E-state index contributed by atoms with van der Waals surface area (Å²) in [6, 6.07) is 6.21. The number of halogens is 2. The van der Waals surface area contributed by atoms with Gasteiger partial charge in [-0.25, -0.2) is 0 Å². The lowest BCUT2D eigenvalue weighted by molar-refractivity contribution is 0.164. The molecule has 1 aromatic rings. The van der Waals surface area contributed by atoms with Crippen LogP contribution in [0.1, 0.15) is 63.4 Å². The maximum atomic E-state index is 12.5. The lowest BCUT2D eigenvalue weighted by atomic mass is 9.84. The second-order valence-electron chi connectivity index (χ2n) is 9.96. The summed E-state index contributed by atoms with van der Waals surface area (Å²) in [5.74, 6) is 1.47. The van der Waals surface area contributed by atoms with Crippen LogP contribution in [-0.2, 0) is 16.6 Å². The van der Waals surface area contributed by atoms with Crippen LogP contribution in [-0.4, -0.2) is 56.4 Å². The SMILES string of the molecule is O=S(=O)(N[C@H]1CC[C@H](CCN2CCC(Cc3cc(Cl)ccc3Br)CC2)CC1)N1CCCC1. The third-order valence-corrected chi connectivity index (χ3v) is 10.3. The first-order chi connectivity index (χ1) is 15.4. The topological polar surface area (TPSA) is 52.7 Å². The maximum Gasteiger partial charge on any atom is 0.279 e. The summed E-state index contributed by atoms with van der Waals surface area (Å²) in [5, 5.41) is 0.819. The lowest BCUT2D eigenvalue weighted by Crippen LogP contribution is -2.45. The van der Waals surface area contributed by atoms with Gasteiger partial charge in [0.25, 0.3) is 10.2 Å². The number of nitrogens with zero attached hydrogens (tertiary/aromatic N) is 2. The van der Waals surface area contributed by atoms with Gasteiger partial charge in [-0.1, -0.05) is 27.5 Å². The van der Waals surface area contributed by atoms with E-state index in [4.69, 9.17) is 11.6 Å². The number of piperidine rings is 1. The van der Waals surface area contributed by atoms with Gasteiger partial charge in [-0.2, -0.15) is 17.4 Å². The van der Waals surface area contributed by atoms with Crippen molar-refractivity contribution in [3.63, 3.8) is 0 Å². The predicted molar refractivity (Wildman–Crippen MR) is 135 cm³/mol. The third-order valence-electron chi connectivity index (χ3n) is 7.64. The summed E-state index contributed by atoms with van der Waals surface area (Å²) in [4.78, 5) is 2.63. The van der Waals surface area contributed by atoms with Gasteiger partial charge < -0.3 is 4.90 Å². The first kappa shape index (κ1) is 24.9. The fourth-order valence-electron chi connectivity index (χ4n) is 5.57. The average Bonchev–Trinajstić information content (AvgIpc) is 3.33. The average molecular weight is 547 g/mol. The largest absolute Gasteiger partial charge is 0.303 e.